The molecule has 1 unspecified atom stereocenters. The number of amides is 1. The molecule has 27 heavy (non-hydrogen) atoms. The van der Waals surface area contributed by atoms with E-state index in [9.17, 15) is 14.9 Å². The number of benzene rings is 1. The van der Waals surface area contributed by atoms with Crippen molar-refractivity contribution in [3.8, 4) is 0 Å². The Hall–Kier alpha value is -2.16. The number of nitrogens with zero attached hydrogens (tertiary/aromatic N) is 5. The Labute approximate surface area is 166 Å². The van der Waals surface area contributed by atoms with Crippen LogP contribution in [0.5, 0.6) is 0 Å². The highest BCUT2D eigenvalue weighted by Gasteiger charge is 2.27. The average molecular weight is 412 g/mol. The second kappa shape index (κ2) is 8.24. The molecule has 8 nitrogen and oxygen atoms in total. The number of carbonyl (C=O) groups is 1. The molecule has 0 bridgehead atoms. The number of rotatable bonds is 5. The molecule has 1 aromatic heterocycles. The minimum absolute atomic E-state index is 0.0998. The Balaban J connectivity index is 1.56. The molecule has 10 heteroatoms. The number of aromatic nitrogens is 2. The molecule has 1 aliphatic rings. The van der Waals surface area contributed by atoms with Crippen LogP contribution in [0.1, 0.15) is 18.5 Å². The average Bonchev–Trinajstić information content (AvgIpc) is 3.14. The number of hydrogen-bond acceptors (Lipinski definition) is 5. The molecular weight excluding hydrogens is 393 g/mol. The summed E-state index contributed by atoms with van der Waals surface area (Å²) < 4.78 is 1.33. The highest BCUT2D eigenvalue weighted by molar-refractivity contribution is 6.35. The summed E-state index contributed by atoms with van der Waals surface area (Å²) >= 11 is 12.2. The van der Waals surface area contributed by atoms with Crippen LogP contribution in [-0.4, -0.2) is 56.6 Å². The minimum Gasteiger partial charge on any atom is -0.338 e. The summed E-state index contributed by atoms with van der Waals surface area (Å²) in [4.78, 5) is 26.9. The molecule has 1 amide bonds. The van der Waals surface area contributed by atoms with Gasteiger partial charge in [-0.3, -0.25) is 24.5 Å². The monoisotopic (exact) mass is 411 g/mol. The third-order valence-electron chi connectivity index (χ3n) is 4.65. The van der Waals surface area contributed by atoms with Crippen molar-refractivity contribution in [1.29, 1.82) is 0 Å². The van der Waals surface area contributed by atoms with Crippen LogP contribution in [0.25, 0.3) is 0 Å². The number of hydrogen-bond donors (Lipinski definition) is 0. The Kier molecular flexibility index (Phi) is 5.98. The zero-order valence-corrected chi connectivity index (χ0v) is 16.2. The molecule has 1 aromatic carbocycles. The largest absolute Gasteiger partial charge is 0.338 e. The second-order valence-corrected chi connectivity index (χ2v) is 7.29. The van der Waals surface area contributed by atoms with E-state index in [1.165, 1.54) is 10.9 Å². The van der Waals surface area contributed by atoms with Gasteiger partial charge in [0.2, 0.25) is 5.91 Å². The molecule has 0 spiro atoms. The first-order valence-electron chi connectivity index (χ1n) is 8.49. The molecule has 1 fully saturated rings. The van der Waals surface area contributed by atoms with E-state index in [4.69, 9.17) is 23.2 Å². The van der Waals surface area contributed by atoms with Gasteiger partial charge in [0.05, 0.1) is 4.92 Å². The van der Waals surface area contributed by atoms with E-state index >= 15 is 0 Å². The van der Waals surface area contributed by atoms with Crippen molar-refractivity contribution in [1.82, 2.24) is 19.6 Å². The van der Waals surface area contributed by atoms with Crippen molar-refractivity contribution in [3.63, 3.8) is 0 Å². The molecule has 3 rings (SSSR count). The predicted molar refractivity (Wildman–Crippen MR) is 102 cm³/mol. The van der Waals surface area contributed by atoms with Crippen LogP contribution in [0.15, 0.2) is 30.6 Å². The lowest BCUT2D eigenvalue weighted by Gasteiger charge is -2.36. The summed E-state index contributed by atoms with van der Waals surface area (Å²) in [5.41, 5.74) is 0.873. The maximum absolute atomic E-state index is 12.7. The first kappa shape index (κ1) is 19.6. The number of halogens is 2. The summed E-state index contributed by atoms with van der Waals surface area (Å²) in [7, 11) is 0. The molecule has 1 atom stereocenters. The van der Waals surface area contributed by atoms with Crippen LogP contribution >= 0.6 is 23.2 Å². The first-order valence-corrected chi connectivity index (χ1v) is 9.24. The third-order valence-corrected chi connectivity index (χ3v) is 5.23. The number of carbonyl (C=O) groups excluding carboxylic acids is 1. The van der Waals surface area contributed by atoms with Gasteiger partial charge in [-0.1, -0.05) is 29.3 Å². The fourth-order valence-corrected chi connectivity index (χ4v) is 3.50. The Morgan fingerprint density at radius 3 is 2.59 bits per heavy atom. The van der Waals surface area contributed by atoms with Crippen molar-refractivity contribution < 1.29 is 9.72 Å². The third kappa shape index (κ3) is 4.58. The zero-order chi connectivity index (χ0) is 19.6. The summed E-state index contributed by atoms with van der Waals surface area (Å²) in [5, 5.41) is 15.9. The quantitative estimate of drug-likeness (QED) is 0.557. The van der Waals surface area contributed by atoms with Gasteiger partial charge in [0.15, 0.2) is 0 Å². The molecular formula is C17H19Cl2N5O3. The molecule has 2 aromatic rings. The van der Waals surface area contributed by atoms with Gasteiger partial charge < -0.3 is 4.90 Å². The number of nitro groups is 1. The van der Waals surface area contributed by atoms with Crippen LogP contribution in [0.4, 0.5) is 5.69 Å². The van der Waals surface area contributed by atoms with Crippen LogP contribution in [0, 0.1) is 10.1 Å². The molecule has 0 saturated carbocycles. The van der Waals surface area contributed by atoms with Gasteiger partial charge in [-0.2, -0.15) is 5.10 Å². The second-order valence-electron chi connectivity index (χ2n) is 6.45. The van der Waals surface area contributed by atoms with Crippen LogP contribution in [-0.2, 0) is 11.3 Å². The van der Waals surface area contributed by atoms with Gasteiger partial charge in [0.1, 0.15) is 18.4 Å². The Bertz CT molecular complexity index is 849. The van der Waals surface area contributed by atoms with E-state index in [0.717, 1.165) is 24.8 Å². The van der Waals surface area contributed by atoms with Gasteiger partial charge in [-0.05, 0) is 24.6 Å². The van der Waals surface area contributed by atoms with Gasteiger partial charge in [-0.15, -0.1) is 0 Å². The van der Waals surface area contributed by atoms with Crippen molar-refractivity contribution in [2.24, 2.45) is 0 Å². The number of piperazine rings is 1. The fraction of sp³-hybridized carbons (Fsp3) is 0.412. The van der Waals surface area contributed by atoms with Crippen molar-refractivity contribution in [3.05, 3.63) is 56.3 Å². The molecule has 0 radical (unpaired) electrons. The highest BCUT2D eigenvalue weighted by atomic mass is 35.5. The topological polar surface area (TPSA) is 84.5 Å². The van der Waals surface area contributed by atoms with Gasteiger partial charge in [0.25, 0.3) is 0 Å². The molecule has 2 heterocycles. The van der Waals surface area contributed by atoms with E-state index in [0.29, 0.717) is 29.7 Å². The van der Waals surface area contributed by atoms with Gasteiger partial charge in [-0.25, -0.2) is 0 Å². The summed E-state index contributed by atoms with van der Waals surface area (Å²) in [6, 6.07) is 4.86. The van der Waals surface area contributed by atoms with Gasteiger partial charge in [0, 0.05) is 42.8 Å². The van der Waals surface area contributed by atoms with Crippen LogP contribution in [0.2, 0.25) is 10.0 Å². The van der Waals surface area contributed by atoms with Crippen LogP contribution < -0.4 is 0 Å². The molecule has 0 N–H and O–H groups in total. The zero-order valence-electron chi connectivity index (χ0n) is 14.7. The predicted octanol–water partition coefficient (Wildman–Crippen LogP) is 3.00. The summed E-state index contributed by atoms with van der Waals surface area (Å²) in [6.07, 6.45) is 2.43. The van der Waals surface area contributed by atoms with Crippen molar-refractivity contribution >= 4 is 34.8 Å². The normalized spacial score (nSPS) is 16.3. The maximum atomic E-state index is 12.7. The van der Waals surface area contributed by atoms with Crippen molar-refractivity contribution in [2.45, 2.75) is 19.5 Å². The molecule has 0 aliphatic carbocycles. The fourth-order valence-electron chi connectivity index (χ4n) is 3.03. The molecule has 1 saturated heterocycles. The standard InChI is InChI=1S/C17H19Cl2N5O3/c1-12(23-11-15(9-20-23)24(26)27)17(25)22-6-4-21(5-7-22)10-13-2-3-14(18)8-16(13)19/h2-3,8-9,11-12H,4-7,10H2,1H3. The lowest BCUT2D eigenvalue weighted by Crippen LogP contribution is -2.50. The Morgan fingerprint density at radius 2 is 2.00 bits per heavy atom. The van der Waals surface area contributed by atoms with E-state index in [1.807, 2.05) is 12.1 Å². The smallest absolute Gasteiger partial charge is 0.307 e. The van der Waals surface area contributed by atoms with Crippen molar-refractivity contribution in [2.75, 3.05) is 26.2 Å². The van der Waals surface area contributed by atoms with Crippen LogP contribution in [0.3, 0.4) is 0 Å². The minimum atomic E-state index is -0.587. The maximum Gasteiger partial charge on any atom is 0.307 e. The lowest BCUT2D eigenvalue weighted by molar-refractivity contribution is -0.385. The molecule has 1 aliphatic heterocycles. The van der Waals surface area contributed by atoms with E-state index in [1.54, 1.807) is 17.9 Å². The summed E-state index contributed by atoms with van der Waals surface area (Å²) in [5.74, 6) is -0.0998. The molecule has 144 valence electrons. The Morgan fingerprint density at radius 1 is 1.30 bits per heavy atom. The van der Waals surface area contributed by atoms with E-state index in [-0.39, 0.29) is 11.6 Å². The lowest BCUT2D eigenvalue weighted by atomic mass is 10.2. The first-order chi connectivity index (χ1) is 12.8. The van der Waals surface area contributed by atoms with E-state index < -0.39 is 11.0 Å². The highest BCUT2D eigenvalue weighted by Crippen LogP contribution is 2.23. The van der Waals surface area contributed by atoms with Gasteiger partial charge >= 0.3 is 5.69 Å². The summed E-state index contributed by atoms with van der Waals surface area (Å²) in [6.45, 7) is 4.99. The van der Waals surface area contributed by atoms with E-state index in [2.05, 4.69) is 10.00 Å². The SMILES string of the molecule is CC(C(=O)N1CCN(Cc2ccc(Cl)cc2Cl)CC1)n1cc([N+](=O)[O-])cn1.